The van der Waals surface area contributed by atoms with Crippen molar-refractivity contribution < 1.29 is 14.3 Å². The summed E-state index contributed by atoms with van der Waals surface area (Å²) < 4.78 is 11.1. The van der Waals surface area contributed by atoms with E-state index < -0.39 is 0 Å². The number of thioether (sulfide) groups is 1. The molecule has 3 aromatic rings. The van der Waals surface area contributed by atoms with Crippen LogP contribution in [0, 0.1) is 0 Å². The van der Waals surface area contributed by atoms with E-state index in [1.54, 1.807) is 18.9 Å². The van der Waals surface area contributed by atoms with E-state index >= 15 is 0 Å². The minimum Gasteiger partial charge on any atom is -0.497 e. The lowest BCUT2D eigenvalue weighted by Crippen LogP contribution is -2.29. The van der Waals surface area contributed by atoms with Gasteiger partial charge in [-0.05, 0) is 66.4 Å². The molecule has 6 heteroatoms. The molecule has 0 aromatic heterocycles. The second-order valence-electron chi connectivity index (χ2n) is 6.91. The molecule has 154 valence electrons. The maximum Gasteiger partial charge on any atom is 0.251 e. The topological polar surface area (TPSA) is 50.8 Å². The van der Waals surface area contributed by atoms with Gasteiger partial charge in [-0.3, -0.25) is 4.79 Å². The molecule has 5 nitrogen and oxygen atoms in total. The molecule has 0 fully saturated rings. The molecule has 0 bridgehead atoms. The molecule has 0 saturated heterocycles. The molecule has 0 atom stereocenters. The highest BCUT2D eigenvalue weighted by Gasteiger charge is 2.21. The summed E-state index contributed by atoms with van der Waals surface area (Å²) in [6, 6.07) is 21.7. The Labute approximate surface area is 181 Å². The van der Waals surface area contributed by atoms with Crippen molar-refractivity contribution in [2.75, 3.05) is 31.4 Å². The Bertz CT molecular complexity index is 1020. The van der Waals surface area contributed by atoms with Crippen LogP contribution >= 0.6 is 11.8 Å². The van der Waals surface area contributed by atoms with Gasteiger partial charge < -0.3 is 19.7 Å². The fraction of sp³-hybridized carbons (Fsp3) is 0.208. The van der Waals surface area contributed by atoms with Gasteiger partial charge in [0, 0.05) is 22.7 Å². The van der Waals surface area contributed by atoms with Gasteiger partial charge in [0.1, 0.15) is 18.1 Å². The van der Waals surface area contributed by atoms with E-state index in [9.17, 15) is 4.79 Å². The van der Waals surface area contributed by atoms with Crippen LogP contribution < -0.4 is 19.7 Å². The first-order valence-corrected chi connectivity index (χ1v) is 11.0. The van der Waals surface area contributed by atoms with Gasteiger partial charge in [0.2, 0.25) is 0 Å². The van der Waals surface area contributed by atoms with Crippen molar-refractivity contribution in [1.29, 1.82) is 0 Å². The number of methoxy groups -OCH3 is 1. The van der Waals surface area contributed by atoms with Gasteiger partial charge in [-0.2, -0.15) is 0 Å². The Morgan fingerprint density at radius 3 is 2.57 bits per heavy atom. The molecular weight excluding hydrogens is 396 g/mol. The second-order valence-corrected chi connectivity index (χ2v) is 7.79. The average Bonchev–Trinajstić information content (AvgIpc) is 2.82. The number of nitrogens with zero attached hydrogens (tertiary/aromatic N) is 1. The molecule has 1 heterocycles. The maximum atomic E-state index is 12.7. The molecular formula is C24H24N2O3S. The van der Waals surface area contributed by atoms with Crippen LogP contribution in [-0.2, 0) is 6.54 Å². The van der Waals surface area contributed by atoms with Crippen LogP contribution in [0.5, 0.6) is 11.5 Å². The van der Waals surface area contributed by atoms with Crippen molar-refractivity contribution in [1.82, 2.24) is 5.32 Å². The van der Waals surface area contributed by atoms with E-state index in [1.807, 2.05) is 60.9 Å². The summed E-state index contributed by atoms with van der Waals surface area (Å²) in [5.41, 5.74) is 3.67. The highest BCUT2D eigenvalue weighted by Crippen LogP contribution is 2.37. The van der Waals surface area contributed by atoms with E-state index in [4.69, 9.17) is 9.47 Å². The number of rotatable bonds is 6. The zero-order valence-electron chi connectivity index (χ0n) is 17.1. The number of carbonyl (C=O) groups excluding carboxylic acids is 1. The van der Waals surface area contributed by atoms with Crippen LogP contribution in [-0.4, -0.2) is 32.4 Å². The standard InChI is InChI=1S/C24H24N2O3S/c1-28-20-8-6-19(7-9-20)26-13-14-29-23-15-18(5-12-22(23)26)24(27)25-16-17-3-10-21(30-2)11-4-17/h3-12,15H,13-14,16H2,1-2H3,(H,25,27). The zero-order valence-corrected chi connectivity index (χ0v) is 17.9. The van der Waals surface area contributed by atoms with Gasteiger partial charge in [-0.1, -0.05) is 12.1 Å². The van der Waals surface area contributed by atoms with Crippen molar-refractivity contribution in [3.05, 3.63) is 77.9 Å². The average molecular weight is 421 g/mol. The van der Waals surface area contributed by atoms with E-state index in [0.717, 1.165) is 29.2 Å². The van der Waals surface area contributed by atoms with Gasteiger partial charge in [0.05, 0.1) is 19.3 Å². The van der Waals surface area contributed by atoms with Gasteiger partial charge in [-0.25, -0.2) is 0 Å². The van der Waals surface area contributed by atoms with Crippen molar-refractivity contribution >= 4 is 29.0 Å². The van der Waals surface area contributed by atoms with Crippen molar-refractivity contribution in [3.8, 4) is 11.5 Å². The number of carbonyl (C=O) groups is 1. The summed E-state index contributed by atoms with van der Waals surface area (Å²) in [7, 11) is 1.66. The predicted molar refractivity (Wildman–Crippen MR) is 121 cm³/mol. The number of ether oxygens (including phenoxy) is 2. The van der Waals surface area contributed by atoms with E-state index in [0.29, 0.717) is 24.5 Å². The molecule has 1 aliphatic rings. The van der Waals surface area contributed by atoms with Gasteiger partial charge >= 0.3 is 0 Å². The molecule has 1 amide bonds. The summed E-state index contributed by atoms with van der Waals surface area (Å²) in [5.74, 6) is 1.42. The van der Waals surface area contributed by atoms with Gasteiger partial charge in [0.15, 0.2) is 0 Å². The molecule has 30 heavy (non-hydrogen) atoms. The lowest BCUT2D eigenvalue weighted by Gasteiger charge is -2.31. The van der Waals surface area contributed by atoms with Crippen LogP contribution in [0.2, 0.25) is 0 Å². The Balaban J connectivity index is 1.47. The van der Waals surface area contributed by atoms with Crippen LogP contribution in [0.4, 0.5) is 11.4 Å². The Morgan fingerprint density at radius 1 is 1.10 bits per heavy atom. The lowest BCUT2D eigenvalue weighted by atomic mass is 10.1. The summed E-state index contributed by atoms with van der Waals surface area (Å²) in [4.78, 5) is 16.0. The van der Waals surface area contributed by atoms with E-state index in [1.165, 1.54) is 4.90 Å². The molecule has 0 unspecified atom stereocenters. The second kappa shape index (κ2) is 9.13. The Hall–Kier alpha value is -3.12. The number of benzene rings is 3. The number of anilines is 2. The van der Waals surface area contributed by atoms with Crippen LogP contribution in [0.15, 0.2) is 71.6 Å². The molecule has 0 aliphatic carbocycles. The molecule has 1 N–H and O–H groups in total. The Kier molecular flexibility index (Phi) is 6.14. The molecule has 1 aliphatic heterocycles. The number of nitrogens with one attached hydrogen (secondary N) is 1. The minimum atomic E-state index is -0.114. The third-order valence-corrected chi connectivity index (χ3v) is 5.83. The summed E-state index contributed by atoms with van der Waals surface area (Å²) in [6.07, 6.45) is 2.05. The quantitative estimate of drug-likeness (QED) is 0.576. The fourth-order valence-electron chi connectivity index (χ4n) is 3.42. The molecule has 3 aromatic carbocycles. The highest BCUT2D eigenvalue weighted by molar-refractivity contribution is 7.98. The zero-order chi connectivity index (χ0) is 20.9. The summed E-state index contributed by atoms with van der Waals surface area (Å²) in [5, 5.41) is 2.99. The molecule has 4 rings (SSSR count). The monoisotopic (exact) mass is 420 g/mol. The minimum absolute atomic E-state index is 0.114. The van der Waals surface area contributed by atoms with E-state index in [2.05, 4.69) is 22.3 Å². The third-order valence-electron chi connectivity index (χ3n) is 5.08. The summed E-state index contributed by atoms with van der Waals surface area (Å²) in [6.45, 7) is 1.80. The third kappa shape index (κ3) is 4.39. The SMILES string of the molecule is COc1ccc(N2CCOc3cc(C(=O)NCc4ccc(SC)cc4)ccc32)cc1. The summed E-state index contributed by atoms with van der Waals surface area (Å²) >= 11 is 1.70. The van der Waals surface area contributed by atoms with Gasteiger partial charge in [0.25, 0.3) is 5.91 Å². The van der Waals surface area contributed by atoms with Crippen LogP contribution in [0.3, 0.4) is 0 Å². The first kappa shape index (κ1) is 20.2. The molecule has 0 radical (unpaired) electrons. The first-order valence-electron chi connectivity index (χ1n) is 9.77. The number of amides is 1. The van der Waals surface area contributed by atoms with E-state index in [-0.39, 0.29) is 5.91 Å². The fourth-order valence-corrected chi connectivity index (χ4v) is 3.83. The van der Waals surface area contributed by atoms with Crippen molar-refractivity contribution in [2.24, 2.45) is 0 Å². The number of fused-ring (bicyclic) bond motifs is 1. The van der Waals surface area contributed by atoms with Crippen molar-refractivity contribution in [3.63, 3.8) is 0 Å². The van der Waals surface area contributed by atoms with Crippen LogP contribution in [0.25, 0.3) is 0 Å². The highest BCUT2D eigenvalue weighted by atomic mass is 32.2. The lowest BCUT2D eigenvalue weighted by molar-refractivity contribution is 0.0950. The van der Waals surface area contributed by atoms with Crippen molar-refractivity contribution in [2.45, 2.75) is 11.4 Å². The number of hydrogen-bond donors (Lipinski definition) is 1. The smallest absolute Gasteiger partial charge is 0.251 e. The normalized spacial score (nSPS) is 12.7. The predicted octanol–water partition coefficient (Wildman–Crippen LogP) is 4.88. The molecule has 0 spiro atoms. The van der Waals surface area contributed by atoms with Gasteiger partial charge in [-0.15, -0.1) is 11.8 Å². The molecule has 0 saturated carbocycles. The Morgan fingerprint density at radius 2 is 1.87 bits per heavy atom. The largest absolute Gasteiger partial charge is 0.497 e. The number of hydrogen-bond acceptors (Lipinski definition) is 5. The first-order chi connectivity index (χ1) is 14.7. The maximum absolute atomic E-state index is 12.7. The van der Waals surface area contributed by atoms with Crippen LogP contribution in [0.1, 0.15) is 15.9 Å².